The lowest BCUT2D eigenvalue weighted by Crippen LogP contribution is -2.35. The number of rotatable bonds is 12. The van der Waals surface area contributed by atoms with Crippen molar-refractivity contribution >= 4 is 29.5 Å². The number of carbonyl (C=O) groups excluding carboxylic acids is 3. The topological polar surface area (TPSA) is 103 Å². The average Bonchev–Trinajstić information content (AvgIpc) is 2.82. The molecule has 2 N–H and O–H groups in total. The molecule has 0 aromatic heterocycles. The highest BCUT2D eigenvalue weighted by Crippen LogP contribution is 2.29. The van der Waals surface area contributed by atoms with Crippen LogP contribution in [-0.4, -0.2) is 44.1 Å². The molecule has 0 atom stereocenters. The van der Waals surface area contributed by atoms with Gasteiger partial charge in [-0.1, -0.05) is 13.0 Å². The van der Waals surface area contributed by atoms with Crippen molar-refractivity contribution in [2.24, 2.45) is 0 Å². The fourth-order valence-corrected chi connectivity index (χ4v) is 2.59. The highest BCUT2D eigenvalue weighted by Gasteiger charge is 2.10. The number of benzene rings is 2. The summed E-state index contributed by atoms with van der Waals surface area (Å²) >= 11 is 0. The molecule has 0 fully saturated rings. The van der Waals surface area contributed by atoms with Gasteiger partial charge in [0.05, 0.1) is 19.8 Å². The van der Waals surface area contributed by atoms with Crippen LogP contribution in [0.4, 0.5) is 14.5 Å². The molecule has 0 saturated carbocycles. The summed E-state index contributed by atoms with van der Waals surface area (Å²) in [6, 6.07) is 8.06. The number of hydrogen-bond acceptors (Lipinski definition) is 6. The SMILES string of the molecule is CCCOc1ccc(/C=C/C(=O)OCC(=O)NCC(=O)Nc2ccc(F)c(F)c2)cc1OCC. The van der Waals surface area contributed by atoms with Gasteiger partial charge in [0.15, 0.2) is 29.7 Å². The molecule has 0 heterocycles. The first-order valence-electron chi connectivity index (χ1n) is 10.6. The summed E-state index contributed by atoms with van der Waals surface area (Å²) in [6.45, 7) is 3.80. The second kappa shape index (κ2) is 13.6. The molecule has 34 heavy (non-hydrogen) atoms. The number of esters is 1. The zero-order valence-electron chi connectivity index (χ0n) is 18.9. The van der Waals surface area contributed by atoms with Gasteiger partial charge in [-0.15, -0.1) is 0 Å². The molecule has 0 saturated heterocycles. The molecular formula is C24H26F2N2O6. The minimum atomic E-state index is -1.11. The molecule has 0 aliphatic rings. The van der Waals surface area contributed by atoms with Crippen LogP contribution in [0.2, 0.25) is 0 Å². The van der Waals surface area contributed by atoms with Gasteiger partial charge in [0.25, 0.3) is 5.91 Å². The highest BCUT2D eigenvalue weighted by molar-refractivity contribution is 5.95. The molecule has 0 bridgehead atoms. The van der Waals surface area contributed by atoms with Crippen LogP contribution in [-0.2, 0) is 19.1 Å². The number of carbonyl (C=O) groups is 3. The lowest BCUT2D eigenvalue weighted by atomic mass is 10.2. The van der Waals surface area contributed by atoms with E-state index in [1.807, 2.05) is 13.8 Å². The van der Waals surface area contributed by atoms with Crippen molar-refractivity contribution in [1.29, 1.82) is 0 Å². The Morgan fingerprint density at radius 1 is 0.941 bits per heavy atom. The van der Waals surface area contributed by atoms with Gasteiger partial charge in [0.1, 0.15) is 0 Å². The maximum absolute atomic E-state index is 13.1. The van der Waals surface area contributed by atoms with Gasteiger partial charge in [-0.2, -0.15) is 0 Å². The third-order valence-electron chi connectivity index (χ3n) is 4.14. The number of amides is 2. The fraction of sp³-hybridized carbons (Fsp3) is 0.292. The van der Waals surface area contributed by atoms with Crippen molar-refractivity contribution in [2.45, 2.75) is 20.3 Å². The van der Waals surface area contributed by atoms with Crippen LogP contribution < -0.4 is 20.1 Å². The van der Waals surface area contributed by atoms with Crippen molar-refractivity contribution in [1.82, 2.24) is 5.32 Å². The molecule has 8 nitrogen and oxygen atoms in total. The van der Waals surface area contributed by atoms with Gasteiger partial charge < -0.3 is 24.8 Å². The number of halogens is 2. The molecule has 0 aliphatic heterocycles. The van der Waals surface area contributed by atoms with E-state index in [0.29, 0.717) is 30.3 Å². The van der Waals surface area contributed by atoms with E-state index in [2.05, 4.69) is 10.6 Å². The molecule has 182 valence electrons. The Morgan fingerprint density at radius 2 is 1.74 bits per heavy atom. The van der Waals surface area contributed by atoms with Gasteiger partial charge >= 0.3 is 5.97 Å². The van der Waals surface area contributed by atoms with Crippen LogP contribution in [0, 0.1) is 11.6 Å². The maximum atomic E-state index is 13.1. The van der Waals surface area contributed by atoms with Crippen molar-refractivity contribution in [3.05, 3.63) is 59.7 Å². The number of nitrogens with one attached hydrogen (secondary N) is 2. The quantitative estimate of drug-likeness (QED) is 0.359. The molecule has 0 radical (unpaired) electrons. The summed E-state index contributed by atoms with van der Waals surface area (Å²) < 4.78 is 42.1. The third-order valence-corrected chi connectivity index (χ3v) is 4.14. The Balaban J connectivity index is 1.78. The summed E-state index contributed by atoms with van der Waals surface area (Å²) in [6.07, 6.45) is 3.51. The van der Waals surface area contributed by atoms with E-state index >= 15 is 0 Å². The van der Waals surface area contributed by atoms with Crippen molar-refractivity contribution in [3.63, 3.8) is 0 Å². The molecule has 0 aliphatic carbocycles. The van der Waals surface area contributed by atoms with Crippen molar-refractivity contribution in [2.75, 3.05) is 31.7 Å². The first-order chi connectivity index (χ1) is 16.3. The lowest BCUT2D eigenvalue weighted by Gasteiger charge is -2.12. The van der Waals surface area contributed by atoms with Gasteiger partial charge in [-0.3, -0.25) is 9.59 Å². The maximum Gasteiger partial charge on any atom is 0.331 e. The van der Waals surface area contributed by atoms with Gasteiger partial charge in [0, 0.05) is 17.8 Å². The summed E-state index contributed by atoms with van der Waals surface area (Å²) in [5, 5.41) is 4.55. The van der Waals surface area contributed by atoms with Crippen LogP contribution >= 0.6 is 0 Å². The van der Waals surface area contributed by atoms with Gasteiger partial charge in [-0.05, 0) is 49.2 Å². The van der Waals surface area contributed by atoms with E-state index < -0.39 is 42.6 Å². The fourth-order valence-electron chi connectivity index (χ4n) is 2.59. The van der Waals surface area contributed by atoms with Crippen molar-refractivity contribution in [3.8, 4) is 11.5 Å². The second-order valence-corrected chi connectivity index (χ2v) is 6.88. The molecule has 0 unspecified atom stereocenters. The van der Waals surface area contributed by atoms with E-state index in [0.717, 1.165) is 24.6 Å². The first kappa shape index (κ1) is 26.3. The minimum Gasteiger partial charge on any atom is -0.490 e. The summed E-state index contributed by atoms with van der Waals surface area (Å²) in [4.78, 5) is 35.5. The summed E-state index contributed by atoms with van der Waals surface area (Å²) in [5.74, 6) is -3.14. The van der Waals surface area contributed by atoms with Crippen LogP contribution in [0.5, 0.6) is 11.5 Å². The van der Waals surface area contributed by atoms with Gasteiger partial charge in [-0.25, -0.2) is 13.6 Å². The number of anilines is 1. The number of hydrogen-bond donors (Lipinski definition) is 2. The lowest BCUT2D eigenvalue weighted by molar-refractivity contribution is -0.143. The predicted molar refractivity (Wildman–Crippen MR) is 121 cm³/mol. The monoisotopic (exact) mass is 476 g/mol. The molecular weight excluding hydrogens is 450 g/mol. The molecule has 2 aromatic carbocycles. The Hall–Kier alpha value is -3.95. The van der Waals surface area contributed by atoms with Crippen LogP contribution in [0.1, 0.15) is 25.8 Å². The smallest absolute Gasteiger partial charge is 0.331 e. The van der Waals surface area contributed by atoms with Gasteiger partial charge in [0.2, 0.25) is 5.91 Å². The zero-order chi connectivity index (χ0) is 24.9. The number of ether oxygens (including phenoxy) is 3. The van der Waals surface area contributed by atoms with E-state index in [9.17, 15) is 23.2 Å². The Kier molecular flexibility index (Phi) is 10.5. The Morgan fingerprint density at radius 3 is 2.44 bits per heavy atom. The second-order valence-electron chi connectivity index (χ2n) is 6.88. The van der Waals surface area contributed by atoms with E-state index in [4.69, 9.17) is 14.2 Å². The molecule has 2 aromatic rings. The summed E-state index contributed by atoms with van der Waals surface area (Å²) in [5.41, 5.74) is 0.703. The van der Waals surface area contributed by atoms with Crippen molar-refractivity contribution < 1.29 is 37.4 Å². The van der Waals surface area contributed by atoms with E-state index in [1.165, 1.54) is 12.1 Å². The average molecular weight is 476 g/mol. The zero-order valence-corrected chi connectivity index (χ0v) is 18.9. The first-order valence-corrected chi connectivity index (χ1v) is 10.6. The normalized spacial score (nSPS) is 10.6. The Bertz CT molecular complexity index is 1040. The third kappa shape index (κ3) is 8.89. The summed E-state index contributed by atoms with van der Waals surface area (Å²) in [7, 11) is 0. The Labute approximate surface area is 195 Å². The molecule has 2 amide bonds. The molecule has 2 rings (SSSR count). The largest absolute Gasteiger partial charge is 0.490 e. The van der Waals surface area contributed by atoms with Crippen LogP contribution in [0.3, 0.4) is 0 Å². The minimum absolute atomic E-state index is 0.0344. The predicted octanol–water partition coefficient (Wildman–Crippen LogP) is 3.46. The van der Waals surface area contributed by atoms with Crippen LogP contribution in [0.15, 0.2) is 42.5 Å². The molecule has 0 spiro atoms. The highest BCUT2D eigenvalue weighted by atomic mass is 19.2. The standard InChI is InChI=1S/C24H26F2N2O6/c1-3-11-33-20-9-5-16(12-21(20)32-4-2)6-10-24(31)34-15-23(30)27-14-22(29)28-17-7-8-18(25)19(26)13-17/h5-10,12-13H,3-4,11,14-15H2,1-2H3,(H,27,30)(H,28,29)/b10-6+. The van der Waals surface area contributed by atoms with E-state index in [1.54, 1.807) is 18.2 Å². The van der Waals surface area contributed by atoms with Crippen LogP contribution in [0.25, 0.3) is 6.08 Å². The molecule has 10 heteroatoms. The van der Waals surface area contributed by atoms with E-state index in [-0.39, 0.29) is 5.69 Å².